The van der Waals surface area contributed by atoms with E-state index in [1.165, 1.54) is 4.31 Å². The average molecular weight is 412 g/mol. The molecule has 1 unspecified atom stereocenters. The number of benzene rings is 1. The van der Waals surface area contributed by atoms with E-state index < -0.39 is 10.0 Å². The van der Waals surface area contributed by atoms with Crippen molar-refractivity contribution in [1.29, 1.82) is 0 Å². The fourth-order valence-electron chi connectivity index (χ4n) is 3.29. The number of anilines is 2. The molecule has 0 bridgehead atoms. The number of nitrogens with zero attached hydrogens (tertiary/aromatic N) is 5. The number of nitrogens with one attached hydrogen (secondary N) is 1. The highest BCUT2D eigenvalue weighted by molar-refractivity contribution is 7.89. The van der Waals surface area contributed by atoms with Crippen LogP contribution in [0.4, 0.5) is 11.9 Å². The van der Waals surface area contributed by atoms with Crippen molar-refractivity contribution in [2.45, 2.75) is 23.8 Å². The van der Waals surface area contributed by atoms with Gasteiger partial charge in [0, 0.05) is 25.1 Å². The lowest BCUT2D eigenvalue weighted by molar-refractivity contribution is 0.390. The van der Waals surface area contributed by atoms with E-state index >= 15 is 0 Å². The van der Waals surface area contributed by atoms with Crippen LogP contribution in [0.3, 0.4) is 0 Å². The number of ether oxygens (including phenoxy) is 1. The van der Waals surface area contributed by atoms with Crippen LogP contribution in [0.5, 0.6) is 5.75 Å². The van der Waals surface area contributed by atoms with Crippen molar-refractivity contribution in [3.05, 3.63) is 60.7 Å². The summed E-state index contributed by atoms with van der Waals surface area (Å²) in [7, 11) is -2.12. The van der Waals surface area contributed by atoms with E-state index in [1.807, 2.05) is 0 Å². The predicted molar refractivity (Wildman–Crippen MR) is 106 cm³/mol. The lowest BCUT2D eigenvalue weighted by Gasteiger charge is -2.24. The van der Waals surface area contributed by atoms with E-state index in [9.17, 15) is 8.42 Å². The van der Waals surface area contributed by atoms with Gasteiger partial charge in [0.25, 0.3) is 0 Å². The molecule has 4 rings (SSSR count). The maximum absolute atomic E-state index is 13.2. The van der Waals surface area contributed by atoms with Crippen molar-refractivity contribution in [3.63, 3.8) is 0 Å². The Morgan fingerprint density at radius 2 is 1.76 bits per heavy atom. The van der Waals surface area contributed by atoms with E-state index in [-0.39, 0.29) is 10.9 Å². The molecule has 0 saturated carbocycles. The first-order chi connectivity index (χ1) is 14.1. The topological polar surface area (TPSA) is 110 Å². The van der Waals surface area contributed by atoms with E-state index in [4.69, 9.17) is 4.74 Å². The summed E-state index contributed by atoms with van der Waals surface area (Å²) in [6.07, 6.45) is 6.27. The minimum atomic E-state index is -3.66. The molecule has 9 nitrogen and oxygen atoms in total. The van der Waals surface area contributed by atoms with Gasteiger partial charge in [-0.25, -0.2) is 28.4 Å². The van der Waals surface area contributed by atoms with Crippen molar-refractivity contribution >= 4 is 21.9 Å². The van der Waals surface area contributed by atoms with Crippen LogP contribution in [0.25, 0.3) is 0 Å². The van der Waals surface area contributed by atoms with Crippen LogP contribution < -0.4 is 10.1 Å². The summed E-state index contributed by atoms with van der Waals surface area (Å²) >= 11 is 0. The van der Waals surface area contributed by atoms with Gasteiger partial charge >= 0.3 is 0 Å². The highest BCUT2D eigenvalue weighted by atomic mass is 32.2. The zero-order chi connectivity index (χ0) is 20.3. The quantitative estimate of drug-likeness (QED) is 0.658. The molecule has 10 heteroatoms. The number of aromatic nitrogens is 4. The van der Waals surface area contributed by atoms with Gasteiger partial charge in [0.1, 0.15) is 5.75 Å². The molecule has 0 radical (unpaired) electrons. The van der Waals surface area contributed by atoms with E-state index in [1.54, 1.807) is 62.1 Å². The molecule has 1 aliphatic rings. The monoisotopic (exact) mass is 412 g/mol. The first-order valence-electron chi connectivity index (χ1n) is 9.11. The predicted octanol–water partition coefficient (Wildman–Crippen LogP) is 2.54. The lowest BCUT2D eigenvalue weighted by atomic mass is 10.1. The summed E-state index contributed by atoms with van der Waals surface area (Å²) in [4.78, 5) is 17.1. The summed E-state index contributed by atoms with van der Waals surface area (Å²) in [5.41, 5.74) is 0.632. The smallest absolute Gasteiger partial charge is 0.243 e. The maximum Gasteiger partial charge on any atom is 0.243 e. The molecule has 3 heterocycles. The SMILES string of the molecule is COc1ccc(S(=O)(=O)N2CCCC2c2ccnc(Nc3ncccn3)n2)cc1. The van der Waals surface area contributed by atoms with E-state index in [0.29, 0.717) is 36.3 Å². The highest BCUT2D eigenvalue weighted by Gasteiger charge is 2.37. The van der Waals surface area contributed by atoms with Crippen molar-refractivity contribution in [3.8, 4) is 5.75 Å². The molecule has 1 aliphatic heterocycles. The fraction of sp³-hybridized carbons (Fsp3) is 0.263. The second kappa shape index (κ2) is 8.10. The number of sulfonamides is 1. The second-order valence-corrected chi connectivity index (χ2v) is 8.34. The Hall–Kier alpha value is -3.11. The first kappa shape index (κ1) is 19.2. The number of methoxy groups -OCH3 is 1. The molecule has 29 heavy (non-hydrogen) atoms. The third-order valence-electron chi connectivity index (χ3n) is 4.68. The summed E-state index contributed by atoms with van der Waals surface area (Å²) in [6.45, 7) is 0.438. The van der Waals surface area contributed by atoms with Gasteiger partial charge in [-0.05, 0) is 49.2 Å². The molecule has 2 aromatic heterocycles. The average Bonchev–Trinajstić information content (AvgIpc) is 3.26. The van der Waals surface area contributed by atoms with Crippen LogP contribution in [0, 0.1) is 0 Å². The summed E-state index contributed by atoms with van der Waals surface area (Å²) in [5.74, 6) is 1.30. The number of hydrogen-bond acceptors (Lipinski definition) is 8. The molecular weight excluding hydrogens is 392 g/mol. The van der Waals surface area contributed by atoms with Gasteiger partial charge in [-0.15, -0.1) is 0 Å². The van der Waals surface area contributed by atoms with Gasteiger partial charge < -0.3 is 4.74 Å². The van der Waals surface area contributed by atoms with Crippen LogP contribution in [0.15, 0.2) is 59.9 Å². The first-order valence-corrected chi connectivity index (χ1v) is 10.5. The van der Waals surface area contributed by atoms with Crippen LogP contribution in [0.1, 0.15) is 24.6 Å². The molecule has 150 valence electrons. The molecule has 1 atom stereocenters. The molecular formula is C19H20N6O3S. The van der Waals surface area contributed by atoms with Gasteiger partial charge in [-0.3, -0.25) is 5.32 Å². The van der Waals surface area contributed by atoms with Crippen LogP contribution in [0.2, 0.25) is 0 Å². The van der Waals surface area contributed by atoms with Gasteiger partial charge in [0.2, 0.25) is 21.9 Å². The summed E-state index contributed by atoms with van der Waals surface area (Å²) in [5, 5.41) is 2.94. The molecule has 0 spiro atoms. The minimum Gasteiger partial charge on any atom is -0.497 e. The normalized spacial score (nSPS) is 17.2. The Morgan fingerprint density at radius 1 is 1.03 bits per heavy atom. The Morgan fingerprint density at radius 3 is 2.48 bits per heavy atom. The molecule has 0 aliphatic carbocycles. The standard InChI is InChI=1S/C19H20N6O3S/c1-28-14-5-7-15(8-6-14)29(26,27)25-13-2-4-17(25)16-9-12-22-19(23-16)24-18-20-10-3-11-21-18/h3,5-12,17H,2,4,13H2,1H3,(H,20,21,22,23,24). The lowest BCUT2D eigenvalue weighted by Crippen LogP contribution is -2.31. The van der Waals surface area contributed by atoms with Crippen molar-refractivity contribution in [1.82, 2.24) is 24.2 Å². The molecule has 0 amide bonds. The molecule has 1 N–H and O–H groups in total. The van der Waals surface area contributed by atoms with Gasteiger partial charge in [-0.2, -0.15) is 4.31 Å². The van der Waals surface area contributed by atoms with Crippen LogP contribution >= 0.6 is 0 Å². The van der Waals surface area contributed by atoms with Crippen LogP contribution in [-0.4, -0.2) is 46.3 Å². The van der Waals surface area contributed by atoms with Crippen molar-refractivity contribution in [2.24, 2.45) is 0 Å². The Kier molecular flexibility index (Phi) is 5.36. The third kappa shape index (κ3) is 4.03. The Labute approximate surface area is 168 Å². The Balaban J connectivity index is 1.60. The van der Waals surface area contributed by atoms with Crippen LogP contribution in [-0.2, 0) is 10.0 Å². The zero-order valence-electron chi connectivity index (χ0n) is 15.8. The van der Waals surface area contributed by atoms with E-state index in [2.05, 4.69) is 25.3 Å². The fourth-order valence-corrected chi connectivity index (χ4v) is 4.96. The van der Waals surface area contributed by atoms with E-state index in [0.717, 1.165) is 6.42 Å². The molecule has 1 aromatic carbocycles. The number of rotatable bonds is 6. The maximum atomic E-state index is 13.2. The molecule has 3 aromatic rings. The number of hydrogen-bond donors (Lipinski definition) is 1. The van der Waals surface area contributed by atoms with Gasteiger partial charge in [0.05, 0.1) is 23.7 Å². The minimum absolute atomic E-state index is 0.232. The Bertz CT molecular complexity index is 1080. The zero-order valence-corrected chi connectivity index (χ0v) is 16.6. The van der Waals surface area contributed by atoms with Crippen molar-refractivity contribution in [2.75, 3.05) is 19.0 Å². The van der Waals surface area contributed by atoms with Gasteiger partial charge in [-0.1, -0.05) is 0 Å². The van der Waals surface area contributed by atoms with Gasteiger partial charge in [0.15, 0.2) is 0 Å². The summed E-state index contributed by atoms with van der Waals surface area (Å²) < 4.78 is 33.0. The molecule has 1 saturated heterocycles. The largest absolute Gasteiger partial charge is 0.497 e. The molecule has 1 fully saturated rings. The summed E-state index contributed by atoms with van der Waals surface area (Å²) in [6, 6.07) is 9.50. The third-order valence-corrected chi connectivity index (χ3v) is 6.60. The highest BCUT2D eigenvalue weighted by Crippen LogP contribution is 2.36. The van der Waals surface area contributed by atoms with Crippen molar-refractivity contribution < 1.29 is 13.2 Å². The second-order valence-electron chi connectivity index (χ2n) is 6.45.